The Hall–Kier alpha value is -1.33. The van der Waals surface area contributed by atoms with Gasteiger partial charge >= 0.3 is 0 Å². The fourth-order valence-electron chi connectivity index (χ4n) is 1.90. The van der Waals surface area contributed by atoms with Gasteiger partial charge in [0.15, 0.2) is 0 Å². The van der Waals surface area contributed by atoms with E-state index in [1.54, 1.807) is 11.8 Å². The van der Waals surface area contributed by atoms with Crippen LogP contribution in [0.1, 0.15) is 25.7 Å². The first-order valence-corrected chi connectivity index (χ1v) is 7.56. The lowest BCUT2D eigenvalue weighted by atomic mass is 9.96. The topological polar surface area (TPSA) is 64.9 Å². The van der Waals surface area contributed by atoms with Crippen LogP contribution >= 0.6 is 11.8 Å². The molecule has 2 N–H and O–H groups in total. The zero-order valence-corrected chi connectivity index (χ0v) is 12.3. The summed E-state index contributed by atoms with van der Waals surface area (Å²) in [6.07, 6.45) is 2.05. The molecule has 0 aliphatic heterocycles. The molecule has 0 aliphatic rings. The standard InChI is InChI=1S/C14H19N3OS/c1-9(2)12(8-15)14-16-13(17-18-14)10-4-6-11(19-3)7-5-10/h4-7,9,12H,8,15H2,1-3H3. The quantitative estimate of drug-likeness (QED) is 0.850. The molecule has 0 radical (unpaired) electrons. The molecule has 1 unspecified atom stereocenters. The molecule has 1 heterocycles. The Kier molecular flexibility index (Phi) is 4.61. The average Bonchev–Trinajstić information content (AvgIpc) is 2.89. The predicted molar refractivity (Wildman–Crippen MR) is 78.1 cm³/mol. The zero-order valence-electron chi connectivity index (χ0n) is 11.5. The summed E-state index contributed by atoms with van der Waals surface area (Å²) >= 11 is 1.71. The molecule has 19 heavy (non-hydrogen) atoms. The Morgan fingerprint density at radius 3 is 2.47 bits per heavy atom. The smallest absolute Gasteiger partial charge is 0.231 e. The summed E-state index contributed by atoms with van der Waals surface area (Å²) in [5, 5.41) is 4.04. The van der Waals surface area contributed by atoms with Crippen LogP contribution < -0.4 is 5.73 Å². The number of aromatic nitrogens is 2. The van der Waals surface area contributed by atoms with E-state index in [1.807, 2.05) is 12.1 Å². The molecule has 1 atom stereocenters. The van der Waals surface area contributed by atoms with Gasteiger partial charge in [-0.1, -0.05) is 19.0 Å². The minimum atomic E-state index is 0.117. The molecule has 0 spiro atoms. The molecule has 0 saturated heterocycles. The van der Waals surface area contributed by atoms with Gasteiger partial charge in [-0.3, -0.25) is 0 Å². The largest absolute Gasteiger partial charge is 0.339 e. The SMILES string of the molecule is CSc1ccc(-c2noc(C(CN)C(C)C)n2)cc1. The van der Waals surface area contributed by atoms with Gasteiger partial charge in [0.25, 0.3) is 0 Å². The maximum atomic E-state index is 5.76. The number of benzene rings is 1. The van der Waals surface area contributed by atoms with Crippen LogP contribution in [-0.4, -0.2) is 22.9 Å². The minimum Gasteiger partial charge on any atom is -0.339 e. The predicted octanol–water partition coefficient (Wildman–Crippen LogP) is 3.16. The van der Waals surface area contributed by atoms with Crippen LogP contribution in [0.25, 0.3) is 11.4 Å². The Labute approximate surface area is 117 Å². The molecule has 1 aromatic heterocycles. The normalized spacial score (nSPS) is 12.9. The highest BCUT2D eigenvalue weighted by Gasteiger charge is 2.21. The highest BCUT2D eigenvalue weighted by atomic mass is 32.2. The third-order valence-electron chi connectivity index (χ3n) is 3.17. The summed E-state index contributed by atoms with van der Waals surface area (Å²) in [6.45, 7) is 4.73. The molecule has 102 valence electrons. The molecule has 0 aliphatic carbocycles. The first kappa shape index (κ1) is 14.1. The van der Waals surface area contributed by atoms with Crippen LogP contribution in [0.15, 0.2) is 33.7 Å². The van der Waals surface area contributed by atoms with Gasteiger partial charge in [-0.15, -0.1) is 11.8 Å². The number of nitrogens with zero attached hydrogens (tertiary/aromatic N) is 2. The third kappa shape index (κ3) is 3.16. The van der Waals surface area contributed by atoms with Gasteiger partial charge in [-0.05, 0) is 36.4 Å². The van der Waals surface area contributed by atoms with Crippen molar-refractivity contribution in [2.45, 2.75) is 24.7 Å². The van der Waals surface area contributed by atoms with Crippen molar-refractivity contribution in [2.24, 2.45) is 11.7 Å². The van der Waals surface area contributed by atoms with E-state index in [-0.39, 0.29) is 5.92 Å². The van der Waals surface area contributed by atoms with E-state index in [9.17, 15) is 0 Å². The second-order valence-electron chi connectivity index (χ2n) is 4.77. The zero-order chi connectivity index (χ0) is 13.8. The van der Waals surface area contributed by atoms with Gasteiger partial charge in [-0.25, -0.2) is 0 Å². The second-order valence-corrected chi connectivity index (χ2v) is 5.65. The first-order valence-electron chi connectivity index (χ1n) is 6.33. The molecule has 0 fully saturated rings. The highest BCUT2D eigenvalue weighted by molar-refractivity contribution is 7.98. The molecular weight excluding hydrogens is 258 g/mol. The van der Waals surface area contributed by atoms with Crippen molar-refractivity contribution in [1.29, 1.82) is 0 Å². The van der Waals surface area contributed by atoms with E-state index in [4.69, 9.17) is 10.3 Å². The van der Waals surface area contributed by atoms with Gasteiger partial charge in [0, 0.05) is 17.0 Å². The summed E-state index contributed by atoms with van der Waals surface area (Å²) in [4.78, 5) is 5.68. The molecule has 2 aromatic rings. The van der Waals surface area contributed by atoms with Crippen LogP contribution in [0, 0.1) is 5.92 Å². The minimum absolute atomic E-state index is 0.117. The van der Waals surface area contributed by atoms with Crippen LogP contribution in [0.2, 0.25) is 0 Å². The number of hydrogen-bond acceptors (Lipinski definition) is 5. The van der Waals surface area contributed by atoms with Gasteiger partial charge in [-0.2, -0.15) is 4.98 Å². The Morgan fingerprint density at radius 1 is 1.26 bits per heavy atom. The van der Waals surface area contributed by atoms with Gasteiger partial charge < -0.3 is 10.3 Å². The summed E-state index contributed by atoms with van der Waals surface area (Å²) in [5.74, 6) is 1.76. The summed E-state index contributed by atoms with van der Waals surface area (Å²) in [6, 6.07) is 8.12. The molecular formula is C14H19N3OS. The van der Waals surface area contributed by atoms with Crippen LogP contribution in [0.5, 0.6) is 0 Å². The van der Waals surface area contributed by atoms with Crippen LogP contribution in [-0.2, 0) is 0 Å². The molecule has 0 saturated carbocycles. The lowest BCUT2D eigenvalue weighted by Gasteiger charge is -2.13. The number of nitrogens with two attached hydrogens (primary N) is 1. The first-order chi connectivity index (χ1) is 9.15. The average molecular weight is 277 g/mol. The number of rotatable bonds is 5. The molecule has 0 bridgehead atoms. The Balaban J connectivity index is 2.24. The third-order valence-corrected chi connectivity index (χ3v) is 3.91. The summed E-state index contributed by atoms with van der Waals surface area (Å²) < 4.78 is 5.34. The highest BCUT2D eigenvalue weighted by Crippen LogP contribution is 2.25. The van der Waals surface area contributed by atoms with E-state index in [0.29, 0.717) is 24.2 Å². The fraction of sp³-hybridized carbons (Fsp3) is 0.429. The van der Waals surface area contributed by atoms with E-state index < -0.39 is 0 Å². The van der Waals surface area contributed by atoms with Crippen molar-refractivity contribution in [3.8, 4) is 11.4 Å². The summed E-state index contributed by atoms with van der Waals surface area (Å²) in [7, 11) is 0. The van der Waals surface area contributed by atoms with E-state index in [0.717, 1.165) is 5.56 Å². The Morgan fingerprint density at radius 2 is 1.95 bits per heavy atom. The van der Waals surface area contributed by atoms with Crippen molar-refractivity contribution in [3.63, 3.8) is 0 Å². The Bertz CT molecular complexity index is 522. The van der Waals surface area contributed by atoms with Gasteiger partial charge in [0.2, 0.25) is 11.7 Å². The molecule has 4 nitrogen and oxygen atoms in total. The van der Waals surface area contributed by atoms with Crippen molar-refractivity contribution < 1.29 is 4.52 Å². The van der Waals surface area contributed by atoms with Gasteiger partial charge in [0.1, 0.15) is 0 Å². The molecule has 5 heteroatoms. The van der Waals surface area contributed by atoms with Crippen molar-refractivity contribution >= 4 is 11.8 Å². The van der Waals surface area contributed by atoms with Crippen molar-refractivity contribution in [3.05, 3.63) is 30.2 Å². The summed E-state index contributed by atoms with van der Waals surface area (Å²) in [5.41, 5.74) is 6.73. The monoisotopic (exact) mass is 277 g/mol. The van der Waals surface area contributed by atoms with Gasteiger partial charge in [0.05, 0.1) is 5.92 Å². The van der Waals surface area contributed by atoms with E-state index in [2.05, 4.69) is 42.4 Å². The fourth-order valence-corrected chi connectivity index (χ4v) is 2.31. The number of hydrogen-bond donors (Lipinski definition) is 1. The molecule has 0 amide bonds. The van der Waals surface area contributed by atoms with E-state index >= 15 is 0 Å². The van der Waals surface area contributed by atoms with Crippen molar-refractivity contribution in [2.75, 3.05) is 12.8 Å². The van der Waals surface area contributed by atoms with E-state index in [1.165, 1.54) is 4.90 Å². The van der Waals surface area contributed by atoms with Crippen LogP contribution in [0.4, 0.5) is 0 Å². The second kappa shape index (κ2) is 6.21. The lowest BCUT2D eigenvalue weighted by molar-refractivity contribution is 0.324. The molecule has 2 rings (SSSR count). The molecule has 1 aromatic carbocycles. The van der Waals surface area contributed by atoms with Crippen LogP contribution in [0.3, 0.4) is 0 Å². The number of thioether (sulfide) groups is 1. The van der Waals surface area contributed by atoms with Crippen molar-refractivity contribution in [1.82, 2.24) is 10.1 Å². The maximum absolute atomic E-state index is 5.76. The lowest BCUT2D eigenvalue weighted by Crippen LogP contribution is -2.18. The maximum Gasteiger partial charge on any atom is 0.231 e.